The van der Waals surface area contributed by atoms with Gasteiger partial charge < -0.3 is 10.6 Å². The summed E-state index contributed by atoms with van der Waals surface area (Å²) in [5.41, 5.74) is 7.09. The molecule has 1 amide bonds. The van der Waals surface area contributed by atoms with Crippen LogP contribution in [-0.4, -0.2) is 23.4 Å². The van der Waals surface area contributed by atoms with E-state index in [9.17, 15) is 4.79 Å². The van der Waals surface area contributed by atoms with Crippen LogP contribution < -0.4 is 5.73 Å². The van der Waals surface area contributed by atoms with Gasteiger partial charge in [0.1, 0.15) is 0 Å². The average Bonchev–Trinajstić information content (AvgIpc) is 2.90. The minimum Gasteiger partial charge on any atom is -0.398 e. The molecule has 0 aromatic heterocycles. The lowest BCUT2D eigenvalue weighted by Gasteiger charge is -2.27. The maximum absolute atomic E-state index is 12.3. The van der Waals surface area contributed by atoms with Crippen LogP contribution in [0.1, 0.15) is 29.6 Å². The van der Waals surface area contributed by atoms with Gasteiger partial charge in [-0.25, -0.2) is 0 Å². The molecule has 2 fully saturated rings. The minimum absolute atomic E-state index is 0.116. The first-order valence-corrected chi connectivity index (χ1v) is 5.91. The Balaban J connectivity index is 1.86. The van der Waals surface area contributed by atoms with Crippen LogP contribution in [0.25, 0.3) is 0 Å². The number of amides is 1. The Hall–Kier alpha value is -1.51. The van der Waals surface area contributed by atoms with E-state index in [2.05, 4.69) is 0 Å². The SMILES string of the molecule is Nc1ccccc1C(=O)N1CC2CCC1C2. The third-order valence-electron chi connectivity index (χ3n) is 3.86. The number of benzene rings is 1. The van der Waals surface area contributed by atoms with Gasteiger partial charge in [-0.05, 0) is 37.3 Å². The molecule has 2 bridgehead atoms. The van der Waals surface area contributed by atoms with Crippen LogP contribution in [0, 0.1) is 5.92 Å². The van der Waals surface area contributed by atoms with Gasteiger partial charge in [0, 0.05) is 18.3 Å². The number of para-hydroxylation sites is 1. The molecule has 1 aliphatic heterocycles. The monoisotopic (exact) mass is 216 g/mol. The molecule has 1 aromatic carbocycles. The van der Waals surface area contributed by atoms with Crippen molar-refractivity contribution in [3.8, 4) is 0 Å². The number of fused-ring (bicyclic) bond motifs is 2. The highest BCUT2D eigenvalue weighted by Gasteiger charge is 2.40. The van der Waals surface area contributed by atoms with E-state index in [0.717, 1.165) is 12.5 Å². The molecule has 1 aromatic rings. The lowest BCUT2D eigenvalue weighted by molar-refractivity contribution is 0.0704. The molecule has 0 radical (unpaired) electrons. The molecular formula is C13H16N2O. The Morgan fingerprint density at radius 1 is 1.31 bits per heavy atom. The van der Waals surface area contributed by atoms with Gasteiger partial charge >= 0.3 is 0 Å². The largest absolute Gasteiger partial charge is 0.398 e. The van der Waals surface area contributed by atoms with Gasteiger partial charge in [0.2, 0.25) is 0 Å². The normalized spacial score (nSPS) is 27.4. The predicted molar refractivity (Wildman–Crippen MR) is 63.0 cm³/mol. The number of piperidine rings is 1. The van der Waals surface area contributed by atoms with Crippen LogP contribution in [0.15, 0.2) is 24.3 Å². The zero-order valence-electron chi connectivity index (χ0n) is 9.23. The maximum Gasteiger partial charge on any atom is 0.256 e. The van der Waals surface area contributed by atoms with Gasteiger partial charge in [-0.2, -0.15) is 0 Å². The second-order valence-corrected chi connectivity index (χ2v) is 4.88. The maximum atomic E-state index is 12.3. The summed E-state index contributed by atoms with van der Waals surface area (Å²) in [7, 11) is 0. The van der Waals surface area contributed by atoms with Gasteiger partial charge in [-0.15, -0.1) is 0 Å². The van der Waals surface area contributed by atoms with E-state index in [-0.39, 0.29) is 5.91 Å². The summed E-state index contributed by atoms with van der Waals surface area (Å²) in [5, 5.41) is 0. The van der Waals surface area contributed by atoms with Crippen molar-refractivity contribution in [2.24, 2.45) is 5.92 Å². The molecule has 0 spiro atoms. The Kier molecular flexibility index (Phi) is 2.13. The number of nitrogen functional groups attached to an aromatic ring is 1. The molecule has 3 nitrogen and oxygen atoms in total. The number of hydrogen-bond acceptors (Lipinski definition) is 2. The Bertz CT molecular complexity index is 430. The fourth-order valence-corrected chi connectivity index (χ4v) is 3.02. The van der Waals surface area contributed by atoms with Crippen molar-refractivity contribution in [1.82, 2.24) is 4.90 Å². The number of hydrogen-bond donors (Lipinski definition) is 1. The first-order valence-electron chi connectivity index (χ1n) is 5.91. The van der Waals surface area contributed by atoms with E-state index >= 15 is 0 Å². The van der Waals surface area contributed by atoms with Crippen LogP contribution in [0.2, 0.25) is 0 Å². The quantitative estimate of drug-likeness (QED) is 0.729. The summed E-state index contributed by atoms with van der Waals surface area (Å²) in [5.74, 6) is 0.851. The Morgan fingerprint density at radius 3 is 2.75 bits per heavy atom. The van der Waals surface area contributed by atoms with Crippen molar-refractivity contribution in [3.63, 3.8) is 0 Å². The van der Waals surface area contributed by atoms with Crippen molar-refractivity contribution in [2.75, 3.05) is 12.3 Å². The number of nitrogens with zero attached hydrogens (tertiary/aromatic N) is 1. The van der Waals surface area contributed by atoms with Crippen LogP contribution in [0.4, 0.5) is 5.69 Å². The summed E-state index contributed by atoms with van der Waals surface area (Å²) >= 11 is 0. The zero-order chi connectivity index (χ0) is 11.1. The smallest absolute Gasteiger partial charge is 0.256 e. The summed E-state index contributed by atoms with van der Waals surface area (Å²) in [4.78, 5) is 14.3. The Morgan fingerprint density at radius 2 is 2.12 bits per heavy atom. The topological polar surface area (TPSA) is 46.3 Å². The highest BCUT2D eigenvalue weighted by molar-refractivity contribution is 5.99. The molecule has 2 unspecified atom stereocenters. The van der Waals surface area contributed by atoms with Crippen LogP contribution >= 0.6 is 0 Å². The van der Waals surface area contributed by atoms with Crippen LogP contribution in [0.3, 0.4) is 0 Å². The highest BCUT2D eigenvalue weighted by Crippen LogP contribution is 2.38. The number of carbonyl (C=O) groups is 1. The minimum atomic E-state index is 0.116. The van der Waals surface area contributed by atoms with Crippen molar-refractivity contribution in [3.05, 3.63) is 29.8 Å². The lowest BCUT2D eigenvalue weighted by Crippen LogP contribution is -2.37. The lowest BCUT2D eigenvalue weighted by atomic mass is 10.1. The van der Waals surface area contributed by atoms with Gasteiger partial charge in [-0.1, -0.05) is 12.1 Å². The second kappa shape index (κ2) is 3.51. The molecule has 84 valence electrons. The Labute approximate surface area is 95.2 Å². The summed E-state index contributed by atoms with van der Waals surface area (Å²) in [6, 6.07) is 7.82. The first-order chi connectivity index (χ1) is 7.75. The van der Waals surface area contributed by atoms with Crippen LogP contribution in [-0.2, 0) is 0 Å². The molecule has 16 heavy (non-hydrogen) atoms. The molecule has 1 saturated heterocycles. The molecule has 1 heterocycles. The van der Waals surface area contributed by atoms with Crippen LogP contribution in [0.5, 0.6) is 0 Å². The van der Waals surface area contributed by atoms with Gasteiger partial charge in [-0.3, -0.25) is 4.79 Å². The number of carbonyl (C=O) groups excluding carboxylic acids is 1. The van der Waals surface area contributed by atoms with E-state index in [0.29, 0.717) is 17.3 Å². The van der Waals surface area contributed by atoms with Crippen molar-refractivity contribution >= 4 is 11.6 Å². The van der Waals surface area contributed by atoms with E-state index in [1.165, 1.54) is 19.3 Å². The van der Waals surface area contributed by atoms with E-state index < -0.39 is 0 Å². The summed E-state index contributed by atoms with van der Waals surface area (Å²) in [6.45, 7) is 0.928. The molecule has 1 aliphatic carbocycles. The van der Waals surface area contributed by atoms with E-state index in [1.807, 2.05) is 23.1 Å². The van der Waals surface area contributed by atoms with Crippen molar-refractivity contribution in [1.29, 1.82) is 0 Å². The number of likely N-dealkylation sites (tertiary alicyclic amines) is 1. The molecule has 1 saturated carbocycles. The second-order valence-electron chi connectivity index (χ2n) is 4.88. The third kappa shape index (κ3) is 1.39. The standard InChI is InChI=1S/C13H16N2O/c14-12-4-2-1-3-11(12)13(16)15-8-9-5-6-10(15)7-9/h1-4,9-10H,5-8,14H2. The van der Waals surface area contributed by atoms with Gasteiger partial charge in [0.25, 0.3) is 5.91 Å². The summed E-state index contributed by atoms with van der Waals surface area (Å²) in [6.07, 6.45) is 3.65. The number of rotatable bonds is 1. The van der Waals surface area contributed by atoms with Crippen molar-refractivity contribution in [2.45, 2.75) is 25.3 Å². The fourth-order valence-electron chi connectivity index (χ4n) is 3.02. The molecule has 2 N–H and O–H groups in total. The third-order valence-corrected chi connectivity index (χ3v) is 3.86. The van der Waals surface area contributed by atoms with Crippen molar-refractivity contribution < 1.29 is 4.79 Å². The molecule has 2 atom stereocenters. The zero-order valence-corrected chi connectivity index (χ0v) is 9.23. The van der Waals surface area contributed by atoms with E-state index in [1.54, 1.807) is 6.07 Å². The highest BCUT2D eigenvalue weighted by atomic mass is 16.2. The fraction of sp³-hybridized carbons (Fsp3) is 0.462. The number of anilines is 1. The molecule has 2 aliphatic rings. The van der Waals surface area contributed by atoms with Gasteiger partial charge in [0.15, 0.2) is 0 Å². The molecular weight excluding hydrogens is 200 g/mol. The molecule has 3 heteroatoms. The predicted octanol–water partition coefficient (Wildman–Crippen LogP) is 1.89. The van der Waals surface area contributed by atoms with Gasteiger partial charge in [0.05, 0.1) is 5.56 Å². The average molecular weight is 216 g/mol. The van der Waals surface area contributed by atoms with E-state index in [4.69, 9.17) is 5.73 Å². The first kappa shape index (κ1) is 9.70. The number of nitrogens with two attached hydrogens (primary N) is 1. The molecule has 3 rings (SSSR count). The summed E-state index contributed by atoms with van der Waals surface area (Å²) < 4.78 is 0.